The summed E-state index contributed by atoms with van der Waals surface area (Å²) in [6.07, 6.45) is 1.31. The van der Waals surface area contributed by atoms with Gasteiger partial charge >= 0.3 is 0 Å². The summed E-state index contributed by atoms with van der Waals surface area (Å²) in [5.41, 5.74) is 2.67. The molecule has 0 aromatic heterocycles. The summed E-state index contributed by atoms with van der Waals surface area (Å²) in [6, 6.07) is 9.17. The van der Waals surface area contributed by atoms with Crippen LogP contribution in [0.3, 0.4) is 0 Å². The molecule has 0 aliphatic carbocycles. The van der Waals surface area contributed by atoms with E-state index in [9.17, 15) is 0 Å². The van der Waals surface area contributed by atoms with Gasteiger partial charge in [-0.3, -0.25) is 0 Å². The average Bonchev–Trinajstić information content (AvgIpc) is 2.30. The molecule has 2 atom stereocenters. The van der Waals surface area contributed by atoms with Crippen LogP contribution in [-0.2, 0) is 11.2 Å². The highest BCUT2D eigenvalue weighted by atomic mass is 16.5. The second-order valence-corrected chi connectivity index (χ2v) is 4.13. The van der Waals surface area contributed by atoms with Crippen LogP contribution >= 0.6 is 0 Å². The molecule has 1 saturated heterocycles. The van der Waals surface area contributed by atoms with Crippen molar-refractivity contribution in [3.63, 3.8) is 0 Å². The average molecular weight is 205 g/mol. The Labute approximate surface area is 91.6 Å². The summed E-state index contributed by atoms with van der Waals surface area (Å²) in [5, 5.41) is 3.43. The van der Waals surface area contributed by atoms with Crippen LogP contribution in [-0.4, -0.2) is 19.2 Å². The summed E-state index contributed by atoms with van der Waals surface area (Å²) in [4.78, 5) is 0. The number of hydrogen-bond acceptors (Lipinski definition) is 2. The van der Waals surface area contributed by atoms with Crippen molar-refractivity contribution in [3.8, 4) is 0 Å². The van der Waals surface area contributed by atoms with E-state index in [-0.39, 0.29) is 6.10 Å². The fourth-order valence-corrected chi connectivity index (χ4v) is 2.05. The minimum atomic E-state index is 0.213. The predicted octanol–water partition coefficient (Wildman–Crippen LogP) is 2.30. The third-order valence-corrected chi connectivity index (χ3v) is 3.04. The molecule has 1 fully saturated rings. The van der Waals surface area contributed by atoms with Crippen LogP contribution in [0, 0.1) is 0 Å². The number of hydrogen-bond donors (Lipinski definition) is 1. The number of ether oxygens (including phenoxy) is 1. The van der Waals surface area contributed by atoms with E-state index < -0.39 is 0 Å². The largest absolute Gasteiger partial charge is 0.371 e. The molecule has 2 unspecified atom stereocenters. The van der Waals surface area contributed by atoms with Crippen molar-refractivity contribution in [1.29, 1.82) is 0 Å². The predicted molar refractivity (Wildman–Crippen MR) is 62.0 cm³/mol. The first-order valence-electron chi connectivity index (χ1n) is 5.75. The van der Waals surface area contributed by atoms with E-state index in [0.717, 1.165) is 19.6 Å². The van der Waals surface area contributed by atoms with Gasteiger partial charge in [0.2, 0.25) is 0 Å². The minimum absolute atomic E-state index is 0.213. The summed E-state index contributed by atoms with van der Waals surface area (Å²) in [5.74, 6) is 0. The molecule has 1 N–H and O–H groups in total. The number of aryl methyl sites for hydroxylation is 1. The van der Waals surface area contributed by atoms with Crippen LogP contribution in [0.5, 0.6) is 0 Å². The Balaban J connectivity index is 2.13. The molecule has 0 saturated carbocycles. The van der Waals surface area contributed by atoms with Crippen LogP contribution in [0.25, 0.3) is 0 Å². The van der Waals surface area contributed by atoms with Gasteiger partial charge in [0.1, 0.15) is 0 Å². The highest BCUT2D eigenvalue weighted by Crippen LogP contribution is 2.23. The van der Waals surface area contributed by atoms with Crippen LogP contribution in [0.15, 0.2) is 24.3 Å². The second kappa shape index (κ2) is 4.77. The Hall–Kier alpha value is -0.860. The van der Waals surface area contributed by atoms with E-state index in [1.54, 1.807) is 0 Å². The molecular formula is C13H19NO. The summed E-state index contributed by atoms with van der Waals surface area (Å²) in [6.45, 7) is 6.13. The van der Waals surface area contributed by atoms with E-state index in [4.69, 9.17) is 4.74 Å². The zero-order valence-corrected chi connectivity index (χ0v) is 9.49. The lowest BCUT2D eigenvalue weighted by Gasteiger charge is -2.30. The number of rotatable bonds is 2. The van der Waals surface area contributed by atoms with Gasteiger partial charge in [0.05, 0.1) is 12.7 Å². The molecule has 82 valence electrons. The molecule has 15 heavy (non-hydrogen) atoms. The molecule has 1 heterocycles. The Kier molecular flexibility index (Phi) is 3.39. The molecule has 0 bridgehead atoms. The SMILES string of the molecule is CCc1ccc(C2OCCNC2C)cc1. The normalized spacial score (nSPS) is 26.5. The summed E-state index contributed by atoms with van der Waals surface area (Å²) < 4.78 is 5.79. The smallest absolute Gasteiger partial charge is 0.0975 e. The molecule has 2 nitrogen and oxygen atoms in total. The van der Waals surface area contributed by atoms with Crippen molar-refractivity contribution in [3.05, 3.63) is 35.4 Å². The van der Waals surface area contributed by atoms with Gasteiger partial charge in [-0.25, -0.2) is 0 Å². The van der Waals surface area contributed by atoms with E-state index in [1.165, 1.54) is 11.1 Å². The highest BCUT2D eigenvalue weighted by molar-refractivity contribution is 5.25. The van der Waals surface area contributed by atoms with Crippen molar-refractivity contribution in [2.24, 2.45) is 0 Å². The zero-order valence-electron chi connectivity index (χ0n) is 9.49. The molecule has 0 amide bonds. The van der Waals surface area contributed by atoms with Gasteiger partial charge in [-0.15, -0.1) is 0 Å². The fourth-order valence-electron chi connectivity index (χ4n) is 2.05. The van der Waals surface area contributed by atoms with Crippen LogP contribution in [0.2, 0.25) is 0 Å². The van der Waals surface area contributed by atoms with Gasteiger partial charge < -0.3 is 10.1 Å². The van der Waals surface area contributed by atoms with E-state index >= 15 is 0 Å². The molecule has 1 aliphatic rings. The fraction of sp³-hybridized carbons (Fsp3) is 0.538. The Morgan fingerprint density at radius 1 is 1.33 bits per heavy atom. The number of benzene rings is 1. The molecule has 2 rings (SSSR count). The number of morpholine rings is 1. The van der Waals surface area contributed by atoms with Crippen LogP contribution in [0.4, 0.5) is 0 Å². The second-order valence-electron chi connectivity index (χ2n) is 4.13. The maximum Gasteiger partial charge on any atom is 0.0975 e. The quantitative estimate of drug-likeness (QED) is 0.800. The Bertz CT molecular complexity index is 307. The van der Waals surface area contributed by atoms with Gasteiger partial charge in [-0.2, -0.15) is 0 Å². The Morgan fingerprint density at radius 3 is 2.67 bits per heavy atom. The van der Waals surface area contributed by atoms with Crippen molar-refractivity contribution < 1.29 is 4.74 Å². The Morgan fingerprint density at radius 2 is 2.07 bits per heavy atom. The van der Waals surface area contributed by atoms with E-state index in [0.29, 0.717) is 6.04 Å². The first-order valence-corrected chi connectivity index (χ1v) is 5.75. The first-order chi connectivity index (χ1) is 7.31. The summed E-state index contributed by atoms with van der Waals surface area (Å²) >= 11 is 0. The lowest BCUT2D eigenvalue weighted by molar-refractivity contribution is -0.000229. The maximum atomic E-state index is 5.79. The topological polar surface area (TPSA) is 21.3 Å². The van der Waals surface area contributed by atoms with Crippen LogP contribution in [0.1, 0.15) is 31.1 Å². The number of nitrogens with one attached hydrogen (secondary N) is 1. The van der Waals surface area contributed by atoms with Gasteiger partial charge in [0.15, 0.2) is 0 Å². The van der Waals surface area contributed by atoms with E-state index in [2.05, 4.69) is 43.4 Å². The van der Waals surface area contributed by atoms with Gasteiger partial charge in [-0.1, -0.05) is 31.2 Å². The highest BCUT2D eigenvalue weighted by Gasteiger charge is 2.22. The lowest BCUT2D eigenvalue weighted by Crippen LogP contribution is -2.41. The van der Waals surface area contributed by atoms with Gasteiger partial charge in [-0.05, 0) is 24.5 Å². The first kappa shape index (κ1) is 10.7. The molecule has 2 heteroatoms. The van der Waals surface area contributed by atoms with Crippen LogP contribution < -0.4 is 5.32 Å². The molecule has 1 aromatic rings. The minimum Gasteiger partial charge on any atom is -0.371 e. The molecule has 1 aliphatic heterocycles. The molecule has 1 aromatic carbocycles. The third-order valence-electron chi connectivity index (χ3n) is 3.04. The van der Waals surface area contributed by atoms with Gasteiger partial charge in [0, 0.05) is 12.6 Å². The zero-order chi connectivity index (χ0) is 10.7. The van der Waals surface area contributed by atoms with Gasteiger partial charge in [0.25, 0.3) is 0 Å². The monoisotopic (exact) mass is 205 g/mol. The molecule has 0 spiro atoms. The lowest BCUT2D eigenvalue weighted by atomic mass is 10.0. The van der Waals surface area contributed by atoms with Crippen molar-refractivity contribution in [2.45, 2.75) is 32.4 Å². The maximum absolute atomic E-state index is 5.79. The van der Waals surface area contributed by atoms with E-state index in [1.807, 2.05) is 0 Å². The summed E-state index contributed by atoms with van der Waals surface area (Å²) in [7, 11) is 0. The molecule has 0 radical (unpaired) electrons. The van der Waals surface area contributed by atoms with Crippen molar-refractivity contribution in [1.82, 2.24) is 5.32 Å². The standard InChI is InChI=1S/C13H19NO/c1-3-11-4-6-12(7-5-11)13-10(2)14-8-9-15-13/h4-7,10,13-14H,3,8-9H2,1-2H3. The van der Waals surface area contributed by atoms with Crippen molar-refractivity contribution in [2.75, 3.05) is 13.2 Å². The third kappa shape index (κ3) is 2.39. The molecular weight excluding hydrogens is 186 g/mol. The van der Waals surface area contributed by atoms with Crippen molar-refractivity contribution >= 4 is 0 Å².